The van der Waals surface area contributed by atoms with Crippen LogP contribution in [0.4, 0.5) is 0 Å². The van der Waals surface area contributed by atoms with Crippen molar-refractivity contribution in [3.05, 3.63) is 48.0 Å². The Balaban J connectivity index is 2.15. The van der Waals surface area contributed by atoms with Crippen LogP contribution in [-0.4, -0.2) is 17.9 Å². The fourth-order valence-corrected chi connectivity index (χ4v) is 2.28. The average Bonchev–Trinajstić information content (AvgIpc) is 2.48. The van der Waals surface area contributed by atoms with Gasteiger partial charge in [-0.15, -0.1) is 0 Å². The van der Waals surface area contributed by atoms with Gasteiger partial charge in [-0.25, -0.2) is 0 Å². The second-order valence-electron chi connectivity index (χ2n) is 4.97. The summed E-state index contributed by atoms with van der Waals surface area (Å²) in [4.78, 5) is 13.7. The molecule has 2 aromatic carbocycles. The zero-order valence-electron chi connectivity index (χ0n) is 11.8. The zero-order valence-corrected chi connectivity index (χ0v) is 11.8. The maximum Gasteiger partial charge on any atom is 0.239 e. The lowest BCUT2D eigenvalue weighted by Gasteiger charge is -2.19. The van der Waals surface area contributed by atoms with Crippen molar-refractivity contribution in [3.63, 3.8) is 0 Å². The Kier molecular flexibility index (Phi) is 4.37. The summed E-state index contributed by atoms with van der Waals surface area (Å²) < 4.78 is 0. The summed E-state index contributed by atoms with van der Waals surface area (Å²) in [5.41, 5.74) is 1.08. The van der Waals surface area contributed by atoms with Crippen LogP contribution in [0.25, 0.3) is 10.8 Å². The Morgan fingerprint density at radius 1 is 1.25 bits per heavy atom. The third kappa shape index (κ3) is 2.97. The van der Waals surface area contributed by atoms with Gasteiger partial charge in [0.05, 0.1) is 6.07 Å². The molecule has 0 spiro atoms. The summed E-state index contributed by atoms with van der Waals surface area (Å²) in [7, 11) is 1.75. The van der Waals surface area contributed by atoms with E-state index in [1.54, 1.807) is 11.9 Å². The second-order valence-corrected chi connectivity index (χ2v) is 4.97. The molecular formula is C17H18N2O. The van der Waals surface area contributed by atoms with Crippen LogP contribution < -0.4 is 0 Å². The molecule has 0 aliphatic heterocycles. The molecule has 0 aliphatic rings. The van der Waals surface area contributed by atoms with Gasteiger partial charge in [0.25, 0.3) is 0 Å². The predicted octanol–water partition coefficient (Wildman–Crippen LogP) is 3.35. The van der Waals surface area contributed by atoms with E-state index in [4.69, 9.17) is 5.26 Å². The fraction of sp³-hybridized carbons (Fsp3) is 0.294. The quantitative estimate of drug-likeness (QED) is 0.851. The van der Waals surface area contributed by atoms with Gasteiger partial charge in [-0.2, -0.15) is 5.26 Å². The van der Waals surface area contributed by atoms with Crippen molar-refractivity contribution in [2.24, 2.45) is 5.92 Å². The highest BCUT2D eigenvalue weighted by atomic mass is 16.2. The first-order chi connectivity index (χ1) is 9.65. The number of hydrogen-bond donors (Lipinski definition) is 0. The van der Waals surface area contributed by atoms with Gasteiger partial charge in [-0.05, 0) is 28.8 Å². The number of nitrogens with zero attached hydrogens (tertiary/aromatic N) is 2. The van der Waals surface area contributed by atoms with Crippen molar-refractivity contribution >= 4 is 16.7 Å². The largest absolute Gasteiger partial charge is 0.340 e. The summed E-state index contributed by atoms with van der Waals surface area (Å²) in [6.07, 6.45) is 0.553. The van der Waals surface area contributed by atoms with Crippen LogP contribution in [0.1, 0.15) is 18.9 Å². The Hall–Kier alpha value is -2.34. The average molecular weight is 266 g/mol. The lowest BCUT2D eigenvalue weighted by Crippen LogP contribution is -2.31. The fourth-order valence-electron chi connectivity index (χ4n) is 2.28. The molecule has 102 valence electrons. The number of amides is 1. The summed E-state index contributed by atoms with van der Waals surface area (Å²) >= 11 is 0. The molecule has 0 N–H and O–H groups in total. The van der Waals surface area contributed by atoms with E-state index >= 15 is 0 Å². The summed E-state index contributed by atoms with van der Waals surface area (Å²) in [5, 5.41) is 11.3. The maximum absolute atomic E-state index is 12.1. The first-order valence-corrected chi connectivity index (χ1v) is 6.78. The molecule has 2 aromatic rings. The first kappa shape index (κ1) is 14.1. The summed E-state index contributed by atoms with van der Waals surface area (Å²) in [6, 6.07) is 16.4. The van der Waals surface area contributed by atoms with Gasteiger partial charge in [-0.3, -0.25) is 4.79 Å². The molecule has 1 atom stereocenters. The second kappa shape index (κ2) is 6.21. The minimum atomic E-state index is -0.541. The van der Waals surface area contributed by atoms with Gasteiger partial charge in [0.2, 0.25) is 5.91 Å². The van der Waals surface area contributed by atoms with Gasteiger partial charge in [0.1, 0.15) is 5.92 Å². The summed E-state index contributed by atoms with van der Waals surface area (Å²) in [6.45, 7) is 2.39. The molecule has 3 heteroatoms. The van der Waals surface area contributed by atoms with Crippen LogP contribution in [0, 0.1) is 17.2 Å². The molecule has 0 aromatic heterocycles. The summed E-state index contributed by atoms with van der Waals surface area (Å²) in [5.74, 6) is -0.649. The number of benzene rings is 2. The van der Waals surface area contributed by atoms with E-state index in [0.717, 1.165) is 10.9 Å². The van der Waals surface area contributed by atoms with E-state index in [2.05, 4.69) is 30.3 Å². The molecular weight excluding hydrogens is 248 g/mol. The van der Waals surface area contributed by atoms with Crippen molar-refractivity contribution in [1.82, 2.24) is 4.90 Å². The Bertz CT molecular complexity index is 657. The standard InChI is InChI=1S/C17H18N2O/c1-3-14(11-18)17(20)19(2)12-13-8-9-15-6-4-5-7-16(15)10-13/h4-10,14H,3,12H2,1-2H3. The Morgan fingerprint density at radius 3 is 2.60 bits per heavy atom. The van der Waals surface area contributed by atoms with Crippen LogP contribution in [0.3, 0.4) is 0 Å². The van der Waals surface area contributed by atoms with E-state index in [1.807, 2.05) is 25.1 Å². The number of carbonyl (C=O) groups is 1. The monoisotopic (exact) mass is 266 g/mol. The molecule has 0 heterocycles. The van der Waals surface area contributed by atoms with Crippen LogP contribution in [0.15, 0.2) is 42.5 Å². The molecule has 1 amide bonds. The normalized spacial score (nSPS) is 11.8. The van der Waals surface area contributed by atoms with Gasteiger partial charge < -0.3 is 4.90 Å². The van der Waals surface area contributed by atoms with Crippen LogP contribution in [-0.2, 0) is 11.3 Å². The Morgan fingerprint density at radius 2 is 1.95 bits per heavy atom. The minimum Gasteiger partial charge on any atom is -0.340 e. The number of rotatable bonds is 4. The van der Waals surface area contributed by atoms with Gasteiger partial charge in [-0.1, -0.05) is 43.3 Å². The minimum absolute atomic E-state index is 0.108. The number of nitriles is 1. The predicted molar refractivity (Wildman–Crippen MR) is 79.8 cm³/mol. The van der Waals surface area contributed by atoms with Gasteiger partial charge >= 0.3 is 0 Å². The van der Waals surface area contributed by atoms with Gasteiger partial charge in [0, 0.05) is 13.6 Å². The highest BCUT2D eigenvalue weighted by molar-refractivity contribution is 5.83. The molecule has 3 nitrogen and oxygen atoms in total. The highest BCUT2D eigenvalue weighted by Gasteiger charge is 2.19. The van der Waals surface area contributed by atoms with Gasteiger partial charge in [0.15, 0.2) is 0 Å². The topological polar surface area (TPSA) is 44.1 Å². The molecule has 20 heavy (non-hydrogen) atoms. The van der Waals surface area contributed by atoms with Crippen molar-refractivity contribution in [1.29, 1.82) is 5.26 Å². The molecule has 0 fully saturated rings. The zero-order chi connectivity index (χ0) is 14.5. The highest BCUT2D eigenvalue weighted by Crippen LogP contribution is 2.17. The van der Waals surface area contributed by atoms with E-state index in [9.17, 15) is 4.79 Å². The molecule has 0 radical (unpaired) electrons. The molecule has 0 saturated carbocycles. The lowest BCUT2D eigenvalue weighted by atomic mass is 10.0. The maximum atomic E-state index is 12.1. The van der Waals surface area contributed by atoms with E-state index in [0.29, 0.717) is 13.0 Å². The third-order valence-corrected chi connectivity index (χ3v) is 3.47. The van der Waals surface area contributed by atoms with E-state index < -0.39 is 5.92 Å². The van der Waals surface area contributed by atoms with Crippen molar-refractivity contribution in [2.45, 2.75) is 19.9 Å². The van der Waals surface area contributed by atoms with Crippen molar-refractivity contribution < 1.29 is 4.79 Å². The number of fused-ring (bicyclic) bond motifs is 1. The van der Waals surface area contributed by atoms with Crippen molar-refractivity contribution in [3.8, 4) is 6.07 Å². The van der Waals surface area contributed by atoms with E-state index in [1.165, 1.54) is 5.39 Å². The van der Waals surface area contributed by atoms with E-state index in [-0.39, 0.29) is 5.91 Å². The smallest absolute Gasteiger partial charge is 0.239 e. The number of hydrogen-bond acceptors (Lipinski definition) is 2. The Labute approximate surface area is 119 Å². The lowest BCUT2D eigenvalue weighted by molar-refractivity contribution is -0.133. The molecule has 2 rings (SSSR count). The van der Waals surface area contributed by atoms with Crippen LogP contribution >= 0.6 is 0 Å². The third-order valence-electron chi connectivity index (χ3n) is 3.47. The van der Waals surface area contributed by atoms with Crippen LogP contribution in [0.2, 0.25) is 0 Å². The first-order valence-electron chi connectivity index (χ1n) is 6.78. The number of carbonyl (C=O) groups excluding carboxylic acids is 1. The molecule has 1 unspecified atom stereocenters. The SMILES string of the molecule is CCC(C#N)C(=O)N(C)Cc1ccc2ccccc2c1. The molecule has 0 saturated heterocycles. The van der Waals surface area contributed by atoms with Crippen LogP contribution in [0.5, 0.6) is 0 Å². The molecule has 0 aliphatic carbocycles. The molecule has 0 bridgehead atoms. The van der Waals surface area contributed by atoms with Crippen molar-refractivity contribution in [2.75, 3.05) is 7.05 Å².